The maximum Gasteiger partial charge on any atom is 0.191 e. The molecular weight excluding hydrogens is 304 g/mol. The number of hydrogen-bond acceptors (Lipinski definition) is 4. The Kier molecular flexibility index (Phi) is 3.34. The largest absolute Gasteiger partial charge is 0.398 e. The Labute approximate surface area is 133 Å². The van der Waals surface area contributed by atoms with E-state index in [1.165, 1.54) is 31.5 Å². The minimum Gasteiger partial charge on any atom is -0.398 e. The Hall–Kier alpha value is -1.20. The first-order chi connectivity index (χ1) is 10.2. The van der Waals surface area contributed by atoms with E-state index in [1.54, 1.807) is 17.8 Å². The Bertz CT molecular complexity index is 676. The summed E-state index contributed by atoms with van der Waals surface area (Å²) in [6.45, 7) is 0. The molecule has 110 valence electrons. The highest BCUT2D eigenvalue weighted by Crippen LogP contribution is 2.46. The molecule has 2 fully saturated rings. The molecule has 0 bridgehead atoms. The lowest BCUT2D eigenvalue weighted by Crippen LogP contribution is -2.02. The first kappa shape index (κ1) is 13.5. The van der Waals surface area contributed by atoms with E-state index < -0.39 is 0 Å². The highest BCUT2D eigenvalue weighted by Gasteiger charge is 2.36. The molecule has 0 aliphatic heterocycles. The van der Waals surface area contributed by atoms with Crippen molar-refractivity contribution < 1.29 is 0 Å². The smallest absolute Gasteiger partial charge is 0.191 e. The molecular formula is C15H17ClN4S. The summed E-state index contributed by atoms with van der Waals surface area (Å²) in [6, 6.07) is 6.30. The summed E-state index contributed by atoms with van der Waals surface area (Å²) in [7, 11) is 0. The number of nitrogens with two attached hydrogens (primary N) is 1. The second-order valence-corrected chi connectivity index (χ2v) is 7.23. The highest BCUT2D eigenvalue weighted by molar-refractivity contribution is 7.98. The number of benzene rings is 1. The fraction of sp³-hybridized carbons (Fsp3) is 0.467. The quantitative estimate of drug-likeness (QED) is 0.668. The molecule has 1 heterocycles. The number of aromatic nitrogens is 3. The van der Waals surface area contributed by atoms with Gasteiger partial charge < -0.3 is 10.3 Å². The lowest BCUT2D eigenvalue weighted by molar-refractivity contribution is 0.627. The van der Waals surface area contributed by atoms with Crippen LogP contribution in [-0.2, 0) is 5.75 Å². The lowest BCUT2D eigenvalue weighted by atomic mass is 10.2. The molecule has 2 aliphatic rings. The summed E-state index contributed by atoms with van der Waals surface area (Å²) in [5.74, 6) is 2.65. The SMILES string of the molecule is Nc1cc(Cl)ccc1CSc1nnc(C2CC2)n1C1CC1. The van der Waals surface area contributed by atoms with E-state index in [1.807, 2.05) is 12.1 Å². The molecule has 0 spiro atoms. The van der Waals surface area contributed by atoms with Gasteiger partial charge in [0.2, 0.25) is 0 Å². The zero-order valence-electron chi connectivity index (χ0n) is 11.6. The summed E-state index contributed by atoms with van der Waals surface area (Å²) in [6.07, 6.45) is 5.04. The van der Waals surface area contributed by atoms with Gasteiger partial charge in [0.1, 0.15) is 5.82 Å². The summed E-state index contributed by atoms with van der Waals surface area (Å²) in [5.41, 5.74) is 7.86. The van der Waals surface area contributed by atoms with E-state index in [2.05, 4.69) is 14.8 Å². The molecule has 0 saturated heterocycles. The highest BCUT2D eigenvalue weighted by atomic mass is 35.5. The monoisotopic (exact) mass is 320 g/mol. The Morgan fingerprint density at radius 3 is 2.71 bits per heavy atom. The molecule has 21 heavy (non-hydrogen) atoms. The summed E-state index contributed by atoms with van der Waals surface area (Å²) < 4.78 is 2.37. The van der Waals surface area contributed by atoms with Gasteiger partial charge >= 0.3 is 0 Å². The second-order valence-electron chi connectivity index (χ2n) is 5.85. The summed E-state index contributed by atoms with van der Waals surface area (Å²) in [5, 5.41) is 10.6. The molecule has 4 nitrogen and oxygen atoms in total. The van der Waals surface area contributed by atoms with Gasteiger partial charge in [0.15, 0.2) is 5.16 Å². The van der Waals surface area contributed by atoms with Crippen molar-refractivity contribution in [1.29, 1.82) is 0 Å². The average Bonchev–Trinajstić information content (AvgIpc) is 3.37. The van der Waals surface area contributed by atoms with Crippen molar-refractivity contribution in [3.8, 4) is 0 Å². The van der Waals surface area contributed by atoms with Gasteiger partial charge in [-0.3, -0.25) is 0 Å². The predicted octanol–water partition coefficient (Wildman–Crippen LogP) is 4.02. The van der Waals surface area contributed by atoms with Crippen molar-refractivity contribution in [2.24, 2.45) is 0 Å². The molecule has 2 N–H and O–H groups in total. The molecule has 2 aliphatic carbocycles. The van der Waals surface area contributed by atoms with Crippen molar-refractivity contribution in [2.45, 2.75) is 48.6 Å². The van der Waals surface area contributed by atoms with Crippen molar-refractivity contribution in [3.63, 3.8) is 0 Å². The maximum atomic E-state index is 6.02. The Balaban J connectivity index is 1.54. The van der Waals surface area contributed by atoms with Gasteiger partial charge in [0.25, 0.3) is 0 Å². The molecule has 0 atom stereocenters. The number of nitrogen functional groups attached to an aromatic ring is 1. The molecule has 4 rings (SSSR count). The molecule has 6 heteroatoms. The van der Waals surface area contributed by atoms with Crippen LogP contribution in [0, 0.1) is 0 Å². The fourth-order valence-electron chi connectivity index (χ4n) is 2.52. The first-order valence-corrected chi connectivity index (χ1v) is 8.70. The van der Waals surface area contributed by atoms with Gasteiger partial charge in [-0.15, -0.1) is 10.2 Å². The van der Waals surface area contributed by atoms with Gasteiger partial charge in [-0.25, -0.2) is 0 Å². The van der Waals surface area contributed by atoms with Crippen molar-refractivity contribution in [2.75, 3.05) is 5.73 Å². The van der Waals surface area contributed by atoms with E-state index >= 15 is 0 Å². The molecule has 0 radical (unpaired) electrons. The van der Waals surface area contributed by atoms with Gasteiger partial charge in [-0.1, -0.05) is 29.4 Å². The first-order valence-electron chi connectivity index (χ1n) is 7.34. The topological polar surface area (TPSA) is 56.7 Å². The molecule has 2 saturated carbocycles. The minimum atomic E-state index is 0.626. The van der Waals surface area contributed by atoms with E-state index in [0.717, 1.165) is 22.2 Å². The summed E-state index contributed by atoms with van der Waals surface area (Å²) in [4.78, 5) is 0. The van der Waals surface area contributed by atoms with Crippen molar-refractivity contribution in [1.82, 2.24) is 14.8 Å². The van der Waals surface area contributed by atoms with E-state index in [-0.39, 0.29) is 0 Å². The van der Waals surface area contributed by atoms with Crippen LogP contribution in [0.25, 0.3) is 0 Å². The predicted molar refractivity (Wildman–Crippen MR) is 85.7 cm³/mol. The van der Waals surface area contributed by atoms with Crippen LogP contribution in [0.1, 0.15) is 49.0 Å². The van der Waals surface area contributed by atoms with Crippen LogP contribution in [0.15, 0.2) is 23.4 Å². The van der Waals surface area contributed by atoms with Crippen molar-refractivity contribution >= 4 is 29.1 Å². The third-order valence-electron chi connectivity index (χ3n) is 4.01. The third-order valence-corrected chi connectivity index (χ3v) is 5.24. The number of anilines is 1. The third kappa shape index (κ3) is 2.77. The van der Waals surface area contributed by atoms with Crippen LogP contribution < -0.4 is 5.73 Å². The standard InChI is InChI=1S/C15H17ClN4S/c16-11-4-3-10(13(17)7-11)8-21-15-19-18-14(9-1-2-9)20(15)12-5-6-12/h3-4,7,9,12H,1-2,5-6,8,17H2. The zero-order chi connectivity index (χ0) is 14.4. The molecule has 0 unspecified atom stereocenters. The number of halogens is 1. The van der Waals surface area contributed by atoms with Gasteiger partial charge in [-0.2, -0.15) is 0 Å². The van der Waals surface area contributed by atoms with Crippen LogP contribution in [-0.4, -0.2) is 14.8 Å². The molecule has 1 aromatic heterocycles. The van der Waals surface area contributed by atoms with Crippen molar-refractivity contribution in [3.05, 3.63) is 34.6 Å². The van der Waals surface area contributed by atoms with Crippen LogP contribution in [0.3, 0.4) is 0 Å². The number of thioether (sulfide) groups is 1. The average molecular weight is 321 g/mol. The van der Waals surface area contributed by atoms with Crippen LogP contribution in [0.2, 0.25) is 5.02 Å². The summed E-state index contributed by atoms with van der Waals surface area (Å²) >= 11 is 7.66. The fourth-order valence-corrected chi connectivity index (χ4v) is 3.73. The number of nitrogens with zero attached hydrogens (tertiary/aromatic N) is 3. The van der Waals surface area contributed by atoms with E-state index in [4.69, 9.17) is 17.3 Å². The zero-order valence-corrected chi connectivity index (χ0v) is 13.2. The van der Waals surface area contributed by atoms with E-state index in [0.29, 0.717) is 17.0 Å². The van der Waals surface area contributed by atoms with Crippen LogP contribution >= 0.6 is 23.4 Å². The van der Waals surface area contributed by atoms with Gasteiger partial charge in [0, 0.05) is 28.4 Å². The lowest BCUT2D eigenvalue weighted by Gasteiger charge is -2.09. The van der Waals surface area contributed by atoms with Gasteiger partial charge in [0.05, 0.1) is 0 Å². The molecule has 2 aromatic rings. The van der Waals surface area contributed by atoms with Gasteiger partial charge in [-0.05, 0) is 43.4 Å². The van der Waals surface area contributed by atoms with Crippen LogP contribution in [0.5, 0.6) is 0 Å². The second kappa shape index (κ2) is 5.21. The maximum absolute atomic E-state index is 6.02. The Morgan fingerprint density at radius 2 is 2.05 bits per heavy atom. The van der Waals surface area contributed by atoms with Crippen LogP contribution in [0.4, 0.5) is 5.69 Å². The minimum absolute atomic E-state index is 0.626. The molecule has 1 aromatic carbocycles. The number of rotatable bonds is 5. The molecule has 0 amide bonds. The number of hydrogen-bond donors (Lipinski definition) is 1. The normalized spacial score (nSPS) is 18.1. The van der Waals surface area contributed by atoms with E-state index in [9.17, 15) is 0 Å². The Morgan fingerprint density at radius 1 is 1.24 bits per heavy atom.